The van der Waals surface area contributed by atoms with Gasteiger partial charge in [-0.2, -0.15) is 0 Å². The van der Waals surface area contributed by atoms with Gasteiger partial charge in [-0.25, -0.2) is 15.0 Å². The predicted molar refractivity (Wildman–Crippen MR) is 233 cm³/mol. The van der Waals surface area contributed by atoms with Gasteiger partial charge in [0.15, 0.2) is 17.5 Å². The van der Waals surface area contributed by atoms with Crippen LogP contribution in [0.15, 0.2) is 192 Å². The standard InChI is InChI=1S/C51H31N3OS/c1-3-12-32(13-4-1)33-22-24-35(25-23-33)50-52-49(34-14-5-2-6-15-34)53-51(54-50)43-30-39(31-45-48(43)41-19-7-9-20-44(41)55-45)37-17-11-16-36(28-37)38-26-27-47-42(29-38)40-18-8-10-21-46(40)56-47/h1-31H. The molecule has 4 nitrogen and oxygen atoms in total. The SMILES string of the molecule is c1ccc(-c2ccc(-c3nc(-c4ccccc4)nc(-c4cc(-c5cccc(-c6ccc7sc8ccccc8c7c6)c5)cc5oc6ccccc6c45)n3)cc2)cc1. The first-order chi connectivity index (χ1) is 27.7. The van der Waals surface area contributed by atoms with E-state index in [1.54, 1.807) is 0 Å². The normalized spacial score (nSPS) is 11.6. The van der Waals surface area contributed by atoms with Crippen molar-refractivity contribution in [3.05, 3.63) is 188 Å². The molecule has 11 aromatic rings. The van der Waals surface area contributed by atoms with Gasteiger partial charge in [0.25, 0.3) is 0 Å². The molecular formula is C51H31N3OS. The second-order valence-corrected chi connectivity index (χ2v) is 15.1. The fourth-order valence-corrected chi connectivity index (χ4v) is 8.85. The quantitative estimate of drug-likeness (QED) is 0.171. The zero-order chi connectivity index (χ0) is 37.0. The summed E-state index contributed by atoms with van der Waals surface area (Å²) in [5.41, 5.74) is 11.1. The lowest BCUT2D eigenvalue weighted by Gasteiger charge is -2.12. The molecule has 0 N–H and O–H groups in total. The lowest BCUT2D eigenvalue weighted by molar-refractivity contribution is 0.669. The molecule has 5 heteroatoms. The Morgan fingerprint density at radius 2 is 0.857 bits per heavy atom. The fourth-order valence-electron chi connectivity index (χ4n) is 7.77. The number of aromatic nitrogens is 3. The smallest absolute Gasteiger partial charge is 0.164 e. The minimum atomic E-state index is 0.588. The monoisotopic (exact) mass is 733 g/mol. The molecule has 0 radical (unpaired) electrons. The van der Waals surface area contributed by atoms with Gasteiger partial charge < -0.3 is 4.42 Å². The molecule has 3 aromatic heterocycles. The summed E-state index contributed by atoms with van der Waals surface area (Å²) in [5.74, 6) is 1.81. The Bertz CT molecular complexity index is 3240. The van der Waals surface area contributed by atoms with Crippen molar-refractivity contribution < 1.29 is 4.42 Å². The van der Waals surface area contributed by atoms with E-state index in [4.69, 9.17) is 19.4 Å². The van der Waals surface area contributed by atoms with Gasteiger partial charge in [-0.3, -0.25) is 0 Å². The van der Waals surface area contributed by atoms with Crippen LogP contribution in [0.2, 0.25) is 0 Å². The third-order valence-electron chi connectivity index (χ3n) is 10.5. The highest BCUT2D eigenvalue weighted by atomic mass is 32.1. The van der Waals surface area contributed by atoms with Gasteiger partial charge in [0.2, 0.25) is 0 Å². The van der Waals surface area contributed by atoms with Crippen LogP contribution in [0.4, 0.5) is 0 Å². The van der Waals surface area contributed by atoms with Crippen LogP contribution in [0, 0.1) is 0 Å². The number of fused-ring (bicyclic) bond motifs is 6. The van der Waals surface area contributed by atoms with Crippen molar-refractivity contribution in [3.8, 4) is 67.5 Å². The van der Waals surface area contributed by atoms with Crippen LogP contribution in [0.5, 0.6) is 0 Å². The highest BCUT2D eigenvalue weighted by Crippen LogP contribution is 2.41. The van der Waals surface area contributed by atoms with E-state index in [1.165, 1.54) is 25.7 Å². The summed E-state index contributed by atoms with van der Waals surface area (Å²) >= 11 is 1.84. The van der Waals surface area contributed by atoms with Gasteiger partial charge in [0.05, 0.1) is 0 Å². The molecule has 262 valence electrons. The van der Waals surface area contributed by atoms with Gasteiger partial charge in [-0.1, -0.05) is 146 Å². The summed E-state index contributed by atoms with van der Waals surface area (Å²) in [4.78, 5) is 15.5. The zero-order valence-corrected chi connectivity index (χ0v) is 30.9. The highest BCUT2D eigenvalue weighted by Gasteiger charge is 2.20. The lowest BCUT2D eigenvalue weighted by Crippen LogP contribution is -2.00. The average molecular weight is 734 g/mol. The molecule has 0 unspecified atom stereocenters. The average Bonchev–Trinajstić information content (AvgIpc) is 3.85. The minimum absolute atomic E-state index is 0.588. The molecule has 0 saturated carbocycles. The Morgan fingerprint density at radius 1 is 0.321 bits per heavy atom. The van der Waals surface area contributed by atoms with E-state index in [0.717, 1.165) is 66.4 Å². The minimum Gasteiger partial charge on any atom is -0.456 e. The number of furan rings is 1. The summed E-state index contributed by atoms with van der Waals surface area (Å²) in [6, 6.07) is 65.7. The van der Waals surface area contributed by atoms with E-state index < -0.39 is 0 Å². The zero-order valence-electron chi connectivity index (χ0n) is 30.1. The second kappa shape index (κ2) is 13.3. The van der Waals surface area contributed by atoms with Crippen molar-refractivity contribution in [3.63, 3.8) is 0 Å². The van der Waals surface area contributed by atoms with E-state index in [-0.39, 0.29) is 0 Å². The van der Waals surface area contributed by atoms with Crippen molar-refractivity contribution >= 4 is 53.4 Å². The van der Waals surface area contributed by atoms with Crippen molar-refractivity contribution in [1.29, 1.82) is 0 Å². The van der Waals surface area contributed by atoms with Crippen LogP contribution in [0.1, 0.15) is 0 Å². The van der Waals surface area contributed by atoms with Crippen molar-refractivity contribution in [2.24, 2.45) is 0 Å². The largest absolute Gasteiger partial charge is 0.456 e. The summed E-state index contributed by atoms with van der Waals surface area (Å²) < 4.78 is 9.19. The lowest BCUT2D eigenvalue weighted by atomic mass is 9.95. The van der Waals surface area contributed by atoms with Crippen LogP contribution < -0.4 is 0 Å². The van der Waals surface area contributed by atoms with Crippen LogP contribution in [0.25, 0.3) is 110 Å². The second-order valence-electron chi connectivity index (χ2n) is 14.0. The van der Waals surface area contributed by atoms with Crippen LogP contribution in [0.3, 0.4) is 0 Å². The molecule has 56 heavy (non-hydrogen) atoms. The Kier molecular flexibility index (Phi) is 7.64. The number of nitrogens with zero attached hydrogens (tertiary/aromatic N) is 3. The Morgan fingerprint density at radius 3 is 1.64 bits per heavy atom. The molecule has 0 amide bonds. The maximum absolute atomic E-state index is 6.59. The molecule has 11 rings (SSSR count). The Balaban J connectivity index is 1.09. The fraction of sp³-hybridized carbons (Fsp3) is 0. The first-order valence-corrected chi connectivity index (χ1v) is 19.5. The molecule has 0 aliphatic carbocycles. The number of benzene rings is 8. The molecule has 3 heterocycles. The molecule has 0 aliphatic rings. The van der Waals surface area contributed by atoms with Gasteiger partial charge in [-0.05, 0) is 75.8 Å². The van der Waals surface area contributed by atoms with Gasteiger partial charge in [-0.15, -0.1) is 11.3 Å². The third kappa shape index (κ3) is 5.65. The summed E-state index contributed by atoms with van der Waals surface area (Å²) in [6.07, 6.45) is 0. The van der Waals surface area contributed by atoms with Gasteiger partial charge >= 0.3 is 0 Å². The van der Waals surface area contributed by atoms with Crippen LogP contribution in [-0.2, 0) is 0 Å². The number of hydrogen-bond donors (Lipinski definition) is 0. The third-order valence-corrected chi connectivity index (χ3v) is 11.7. The van der Waals surface area contributed by atoms with E-state index in [9.17, 15) is 0 Å². The molecule has 0 fully saturated rings. The number of hydrogen-bond acceptors (Lipinski definition) is 5. The summed E-state index contributed by atoms with van der Waals surface area (Å²) in [5, 5.41) is 4.58. The van der Waals surface area contributed by atoms with Crippen molar-refractivity contribution in [1.82, 2.24) is 15.0 Å². The molecule has 0 atom stereocenters. The number of thiophene rings is 1. The molecule has 0 aliphatic heterocycles. The molecule has 0 spiro atoms. The van der Waals surface area contributed by atoms with E-state index in [2.05, 4.69) is 140 Å². The van der Waals surface area contributed by atoms with Crippen molar-refractivity contribution in [2.45, 2.75) is 0 Å². The number of rotatable bonds is 6. The first-order valence-electron chi connectivity index (χ1n) is 18.7. The predicted octanol–water partition coefficient (Wildman–Crippen LogP) is 14.1. The summed E-state index contributed by atoms with van der Waals surface area (Å²) in [6.45, 7) is 0. The van der Waals surface area contributed by atoms with Crippen LogP contribution in [-0.4, -0.2) is 15.0 Å². The highest BCUT2D eigenvalue weighted by molar-refractivity contribution is 7.25. The Hall–Kier alpha value is -7.21. The molecule has 8 aromatic carbocycles. The maximum Gasteiger partial charge on any atom is 0.164 e. The van der Waals surface area contributed by atoms with E-state index >= 15 is 0 Å². The Labute approximate surface area is 327 Å². The molecule has 0 saturated heterocycles. The van der Waals surface area contributed by atoms with Gasteiger partial charge in [0.1, 0.15) is 11.2 Å². The van der Waals surface area contributed by atoms with Gasteiger partial charge in [0, 0.05) is 47.6 Å². The topological polar surface area (TPSA) is 51.8 Å². The van der Waals surface area contributed by atoms with Crippen LogP contribution >= 0.6 is 11.3 Å². The first kappa shape index (κ1) is 32.2. The maximum atomic E-state index is 6.59. The van der Waals surface area contributed by atoms with E-state index in [0.29, 0.717) is 17.5 Å². The summed E-state index contributed by atoms with van der Waals surface area (Å²) in [7, 11) is 0. The van der Waals surface area contributed by atoms with Crippen molar-refractivity contribution in [2.75, 3.05) is 0 Å². The van der Waals surface area contributed by atoms with E-state index in [1.807, 2.05) is 59.9 Å². The number of para-hydroxylation sites is 1. The molecule has 0 bridgehead atoms. The molecular weight excluding hydrogens is 703 g/mol.